The molecule has 0 fully saturated rings. The minimum atomic E-state index is -3.51. The molecule has 16 heavy (non-hydrogen) atoms. The number of aliphatic hydroxyl groups excluding tert-OH is 1. The monoisotopic (exact) mass is 245 g/mol. The normalized spacial score (nSPS) is 22.0. The van der Waals surface area contributed by atoms with Crippen LogP contribution in [0.1, 0.15) is 27.2 Å². The topological polar surface area (TPSA) is 66.4 Å². The van der Waals surface area contributed by atoms with Crippen molar-refractivity contribution in [1.82, 2.24) is 4.72 Å². The van der Waals surface area contributed by atoms with Crippen LogP contribution in [0.5, 0.6) is 0 Å². The third kappa shape index (κ3) is 3.43. The Labute approximate surface area is 97.1 Å². The number of rotatable bonds is 4. The molecule has 0 bridgehead atoms. The van der Waals surface area contributed by atoms with Gasteiger partial charge in [0, 0.05) is 0 Å². The van der Waals surface area contributed by atoms with E-state index in [2.05, 4.69) is 4.72 Å². The molecule has 92 valence electrons. The van der Waals surface area contributed by atoms with Gasteiger partial charge in [-0.1, -0.05) is 19.1 Å². The Balaban J connectivity index is 2.84. The van der Waals surface area contributed by atoms with E-state index in [1.807, 2.05) is 13.0 Å². The quantitative estimate of drug-likeness (QED) is 0.781. The molecule has 1 atom stereocenters. The average Bonchev–Trinajstić information content (AvgIpc) is 2.17. The molecule has 0 aromatic carbocycles. The molecule has 0 heterocycles. The van der Waals surface area contributed by atoms with E-state index in [1.165, 1.54) is 0 Å². The first-order valence-corrected chi connectivity index (χ1v) is 6.78. The van der Waals surface area contributed by atoms with Gasteiger partial charge in [-0.25, -0.2) is 13.1 Å². The summed E-state index contributed by atoms with van der Waals surface area (Å²) in [7, 11) is -3.51. The number of aliphatic hydroxyl groups is 1. The number of hydrogen-bond acceptors (Lipinski definition) is 3. The fraction of sp³-hybridized carbons (Fsp3) is 0.636. The largest absolute Gasteiger partial charge is 0.394 e. The van der Waals surface area contributed by atoms with E-state index < -0.39 is 15.6 Å². The summed E-state index contributed by atoms with van der Waals surface area (Å²) in [5.74, 6) is 0.379. The van der Waals surface area contributed by atoms with E-state index in [9.17, 15) is 8.42 Å². The molecule has 1 rings (SSSR count). The van der Waals surface area contributed by atoms with Crippen molar-refractivity contribution in [3.63, 3.8) is 0 Å². The summed E-state index contributed by atoms with van der Waals surface area (Å²) in [4.78, 5) is 0.284. The lowest BCUT2D eigenvalue weighted by molar-refractivity contribution is 0.208. The minimum absolute atomic E-state index is 0.236. The van der Waals surface area contributed by atoms with E-state index >= 15 is 0 Å². The van der Waals surface area contributed by atoms with Crippen LogP contribution in [-0.4, -0.2) is 25.7 Å². The third-order valence-corrected chi connectivity index (χ3v) is 4.14. The zero-order valence-corrected chi connectivity index (χ0v) is 10.7. The van der Waals surface area contributed by atoms with E-state index in [4.69, 9.17) is 5.11 Å². The Morgan fingerprint density at radius 3 is 2.62 bits per heavy atom. The highest BCUT2D eigenvalue weighted by Crippen LogP contribution is 2.20. The zero-order valence-electron chi connectivity index (χ0n) is 9.90. The minimum Gasteiger partial charge on any atom is -0.394 e. The van der Waals surface area contributed by atoms with Gasteiger partial charge in [-0.3, -0.25) is 0 Å². The predicted molar refractivity (Wildman–Crippen MR) is 64.2 cm³/mol. The first-order chi connectivity index (χ1) is 7.27. The van der Waals surface area contributed by atoms with Crippen LogP contribution in [0.2, 0.25) is 0 Å². The van der Waals surface area contributed by atoms with Crippen LogP contribution in [0.4, 0.5) is 0 Å². The first kappa shape index (κ1) is 13.4. The van der Waals surface area contributed by atoms with Gasteiger partial charge in [0.2, 0.25) is 10.0 Å². The van der Waals surface area contributed by atoms with E-state index in [-0.39, 0.29) is 11.5 Å². The van der Waals surface area contributed by atoms with Crippen LogP contribution < -0.4 is 4.72 Å². The van der Waals surface area contributed by atoms with Crippen molar-refractivity contribution in [2.24, 2.45) is 5.92 Å². The molecule has 0 saturated heterocycles. The molecular weight excluding hydrogens is 226 g/mol. The van der Waals surface area contributed by atoms with Crippen LogP contribution in [0.25, 0.3) is 0 Å². The van der Waals surface area contributed by atoms with Crippen molar-refractivity contribution in [2.45, 2.75) is 32.7 Å². The Kier molecular flexibility index (Phi) is 3.93. The van der Waals surface area contributed by atoms with Crippen molar-refractivity contribution < 1.29 is 13.5 Å². The molecule has 1 aliphatic rings. The number of allylic oxidation sites excluding steroid dienone is 3. The van der Waals surface area contributed by atoms with Gasteiger partial charge in [0.15, 0.2) is 0 Å². The van der Waals surface area contributed by atoms with Gasteiger partial charge in [0.05, 0.1) is 17.1 Å². The highest BCUT2D eigenvalue weighted by atomic mass is 32.2. The second-order valence-electron chi connectivity index (χ2n) is 4.83. The summed E-state index contributed by atoms with van der Waals surface area (Å²) in [5, 5.41) is 9.03. The fourth-order valence-electron chi connectivity index (χ4n) is 1.36. The van der Waals surface area contributed by atoms with Crippen molar-refractivity contribution in [2.75, 3.05) is 6.61 Å². The van der Waals surface area contributed by atoms with Crippen LogP contribution in [0, 0.1) is 5.92 Å². The molecule has 0 radical (unpaired) electrons. The molecular formula is C11H19NO3S. The maximum Gasteiger partial charge on any atom is 0.240 e. The molecule has 1 aliphatic carbocycles. The molecule has 0 spiro atoms. The maximum atomic E-state index is 11.9. The van der Waals surface area contributed by atoms with Gasteiger partial charge in [0.1, 0.15) is 0 Å². The molecule has 2 N–H and O–H groups in total. The SMILES string of the molecule is CC1C=CC(S(=O)(=O)NC(C)(C)CO)=CC1. The highest BCUT2D eigenvalue weighted by molar-refractivity contribution is 7.93. The van der Waals surface area contributed by atoms with Gasteiger partial charge in [-0.15, -0.1) is 0 Å². The Hall–Kier alpha value is -0.650. The van der Waals surface area contributed by atoms with Crippen molar-refractivity contribution in [3.05, 3.63) is 23.1 Å². The van der Waals surface area contributed by atoms with Crippen molar-refractivity contribution >= 4 is 10.0 Å². The summed E-state index contributed by atoms with van der Waals surface area (Å²) < 4.78 is 26.3. The standard InChI is InChI=1S/C11H19NO3S/c1-9-4-6-10(7-5-9)16(14,15)12-11(2,3)8-13/h4,6-7,9,12-13H,5,8H2,1-3H3. The molecule has 4 nitrogen and oxygen atoms in total. The van der Waals surface area contributed by atoms with Gasteiger partial charge < -0.3 is 5.11 Å². The van der Waals surface area contributed by atoms with Gasteiger partial charge >= 0.3 is 0 Å². The van der Waals surface area contributed by atoms with E-state index in [0.29, 0.717) is 5.92 Å². The lowest BCUT2D eigenvalue weighted by Gasteiger charge is -2.24. The van der Waals surface area contributed by atoms with Gasteiger partial charge in [0.25, 0.3) is 0 Å². The predicted octanol–water partition coefficient (Wildman–Crippen LogP) is 1.16. The third-order valence-electron chi connectivity index (χ3n) is 2.40. The van der Waals surface area contributed by atoms with Crippen LogP contribution in [-0.2, 0) is 10.0 Å². The smallest absolute Gasteiger partial charge is 0.240 e. The highest BCUT2D eigenvalue weighted by Gasteiger charge is 2.26. The maximum absolute atomic E-state index is 11.9. The van der Waals surface area contributed by atoms with Crippen molar-refractivity contribution in [1.29, 1.82) is 0 Å². The molecule has 1 unspecified atom stereocenters. The second-order valence-corrected chi connectivity index (χ2v) is 6.51. The fourth-order valence-corrected chi connectivity index (χ4v) is 2.85. The Morgan fingerprint density at radius 2 is 2.19 bits per heavy atom. The van der Waals surface area contributed by atoms with Gasteiger partial charge in [-0.05, 0) is 32.3 Å². The Morgan fingerprint density at radius 1 is 1.56 bits per heavy atom. The molecule has 0 aliphatic heterocycles. The molecule has 0 saturated carbocycles. The lowest BCUT2D eigenvalue weighted by Crippen LogP contribution is -2.46. The summed E-state index contributed by atoms with van der Waals surface area (Å²) in [6, 6.07) is 0. The van der Waals surface area contributed by atoms with E-state index in [0.717, 1.165) is 6.42 Å². The number of nitrogens with one attached hydrogen (secondary N) is 1. The summed E-state index contributed by atoms with van der Waals surface area (Å²) in [5.41, 5.74) is -0.837. The van der Waals surface area contributed by atoms with Crippen LogP contribution >= 0.6 is 0 Å². The first-order valence-electron chi connectivity index (χ1n) is 5.30. The Bertz CT molecular complexity index is 407. The van der Waals surface area contributed by atoms with Gasteiger partial charge in [-0.2, -0.15) is 0 Å². The number of hydrogen-bond donors (Lipinski definition) is 2. The second kappa shape index (κ2) is 4.69. The number of sulfonamides is 1. The van der Waals surface area contributed by atoms with Crippen molar-refractivity contribution in [3.8, 4) is 0 Å². The summed E-state index contributed by atoms with van der Waals surface area (Å²) in [6.07, 6.45) is 5.93. The molecule has 0 aromatic heterocycles. The molecule has 0 aromatic rings. The average molecular weight is 245 g/mol. The summed E-state index contributed by atoms with van der Waals surface area (Å²) >= 11 is 0. The summed E-state index contributed by atoms with van der Waals surface area (Å²) in [6.45, 7) is 5.07. The molecule has 5 heteroatoms. The van der Waals surface area contributed by atoms with Crippen LogP contribution in [0.3, 0.4) is 0 Å². The molecule has 0 amide bonds. The van der Waals surface area contributed by atoms with Crippen LogP contribution in [0.15, 0.2) is 23.1 Å². The van der Waals surface area contributed by atoms with E-state index in [1.54, 1.807) is 26.0 Å². The zero-order chi connectivity index (χ0) is 12.4. The lowest BCUT2D eigenvalue weighted by atomic mass is 10.0.